The zero-order chi connectivity index (χ0) is 23.0. The molecule has 0 bridgehead atoms. The van der Waals surface area contributed by atoms with E-state index in [1.165, 1.54) is 18.3 Å². The van der Waals surface area contributed by atoms with Gasteiger partial charge in [0.25, 0.3) is 0 Å². The second-order valence-electron chi connectivity index (χ2n) is 8.61. The fourth-order valence-electron chi connectivity index (χ4n) is 4.00. The Labute approximate surface area is 187 Å². The van der Waals surface area contributed by atoms with Crippen LogP contribution in [0.5, 0.6) is 0 Å². The smallest absolute Gasteiger partial charge is 0.243 e. The van der Waals surface area contributed by atoms with Gasteiger partial charge in [-0.3, -0.25) is 19.4 Å². The Kier molecular flexibility index (Phi) is 9.42. The maximum atomic E-state index is 13.1. The molecule has 1 aromatic rings. The van der Waals surface area contributed by atoms with Crippen LogP contribution in [0.1, 0.15) is 69.1 Å². The Morgan fingerprint density at radius 3 is 2.35 bits per heavy atom. The van der Waals surface area contributed by atoms with Crippen molar-refractivity contribution >= 4 is 34.9 Å². The van der Waals surface area contributed by atoms with Gasteiger partial charge < -0.3 is 22.1 Å². The van der Waals surface area contributed by atoms with Crippen molar-refractivity contribution in [2.75, 3.05) is 0 Å². The molecule has 0 saturated heterocycles. The van der Waals surface area contributed by atoms with Crippen LogP contribution in [-0.2, 0) is 9.59 Å². The molecule has 1 fully saturated rings. The molecule has 31 heavy (non-hydrogen) atoms. The number of carbonyl (C=O) groups excluding carboxylic acids is 3. The third-order valence-electron chi connectivity index (χ3n) is 5.39. The van der Waals surface area contributed by atoms with Gasteiger partial charge in [0.05, 0.1) is 12.1 Å². The summed E-state index contributed by atoms with van der Waals surface area (Å²) in [6, 6.07) is -1.26. The van der Waals surface area contributed by atoms with Gasteiger partial charge in [-0.15, -0.1) is 11.3 Å². The predicted molar refractivity (Wildman–Crippen MR) is 122 cm³/mol. The molecule has 172 valence electrons. The molecule has 1 heterocycles. The SMILES string of the molecule is CC(=O)N[C@@H](CC(C)C)C(=O)NC(CC1CCC(N=C(N)N)CC1)C(=O)c1nccs1. The number of aromatic nitrogens is 1. The summed E-state index contributed by atoms with van der Waals surface area (Å²) in [5, 5.41) is 7.72. The second kappa shape index (κ2) is 11.8. The van der Waals surface area contributed by atoms with Gasteiger partial charge in [-0.2, -0.15) is 0 Å². The lowest BCUT2D eigenvalue weighted by atomic mass is 9.82. The first kappa shape index (κ1) is 24.8. The van der Waals surface area contributed by atoms with Crippen LogP contribution in [0, 0.1) is 11.8 Å². The summed E-state index contributed by atoms with van der Waals surface area (Å²) >= 11 is 1.26. The number of hydrogen-bond donors (Lipinski definition) is 4. The standard InChI is InChI=1S/C21H34N6O3S/c1-12(2)10-17(25-13(3)28)19(30)27-16(18(29)20-24-8-9-31-20)11-14-4-6-15(7-5-14)26-21(22)23/h8-9,12,14-17H,4-7,10-11H2,1-3H3,(H,25,28)(H,27,30)(H4,22,23,26)/t14?,15?,16?,17-/m0/s1. The van der Waals surface area contributed by atoms with Gasteiger partial charge >= 0.3 is 0 Å². The molecule has 6 N–H and O–H groups in total. The van der Waals surface area contributed by atoms with Crippen LogP contribution in [0.2, 0.25) is 0 Å². The minimum Gasteiger partial charge on any atom is -0.370 e. The molecule has 1 aliphatic rings. The highest BCUT2D eigenvalue weighted by Gasteiger charge is 2.32. The number of nitrogens with zero attached hydrogens (tertiary/aromatic N) is 2. The third-order valence-corrected chi connectivity index (χ3v) is 6.18. The molecule has 1 saturated carbocycles. The summed E-state index contributed by atoms with van der Waals surface area (Å²) in [5.74, 6) is -0.234. The molecule has 0 aromatic carbocycles. The van der Waals surface area contributed by atoms with Crippen molar-refractivity contribution in [3.8, 4) is 0 Å². The monoisotopic (exact) mass is 450 g/mol. The molecular weight excluding hydrogens is 416 g/mol. The van der Waals surface area contributed by atoms with Crippen molar-refractivity contribution in [2.45, 2.75) is 77.4 Å². The van der Waals surface area contributed by atoms with E-state index in [4.69, 9.17) is 11.5 Å². The van der Waals surface area contributed by atoms with Gasteiger partial charge in [-0.05, 0) is 50.4 Å². The molecule has 10 heteroatoms. The number of Topliss-reactive ketones (excluding diaryl/α,β-unsaturated/α-hetero) is 1. The van der Waals surface area contributed by atoms with Crippen molar-refractivity contribution in [1.82, 2.24) is 15.6 Å². The molecule has 9 nitrogen and oxygen atoms in total. The largest absolute Gasteiger partial charge is 0.370 e. The van der Waals surface area contributed by atoms with E-state index in [2.05, 4.69) is 20.6 Å². The molecule has 1 unspecified atom stereocenters. The highest BCUT2D eigenvalue weighted by atomic mass is 32.1. The van der Waals surface area contributed by atoms with E-state index >= 15 is 0 Å². The number of ketones is 1. The molecule has 2 amide bonds. The summed E-state index contributed by atoms with van der Waals surface area (Å²) in [6.45, 7) is 5.35. The highest BCUT2D eigenvalue weighted by molar-refractivity contribution is 7.11. The zero-order valence-electron chi connectivity index (χ0n) is 18.5. The quantitative estimate of drug-likeness (QED) is 0.241. The Morgan fingerprint density at radius 2 is 1.84 bits per heavy atom. The number of amides is 2. The lowest BCUT2D eigenvalue weighted by molar-refractivity contribution is -0.128. The van der Waals surface area contributed by atoms with E-state index < -0.39 is 12.1 Å². The average molecular weight is 451 g/mol. The lowest BCUT2D eigenvalue weighted by Crippen LogP contribution is -2.52. The summed E-state index contributed by atoms with van der Waals surface area (Å²) in [7, 11) is 0. The van der Waals surface area contributed by atoms with Gasteiger partial charge in [0.1, 0.15) is 6.04 Å². The van der Waals surface area contributed by atoms with Gasteiger partial charge in [0, 0.05) is 18.5 Å². The van der Waals surface area contributed by atoms with E-state index in [1.54, 1.807) is 11.6 Å². The highest BCUT2D eigenvalue weighted by Crippen LogP contribution is 2.30. The van der Waals surface area contributed by atoms with Crippen LogP contribution < -0.4 is 22.1 Å². The number of rotatable bonds is 10. The van der Waals surface area contributed by atoms with E-state index in [0.717, 1.165) is 25.7 Å². The number of aliphatic imine (C=N–C) groups is 1. The molecule has 1 aliphatic carbocycles. The first-order chi connectivity index (χ1) is 14.7. The molecule has 1 aromatic heterocycles. The van der Waals surface area contributed by atoms with Crippen LogP contribution in [0.25, 0.3) is 0 Å². The maximum absolute atomic E-state index is 13.1. The third kappa shape index (κ3) is 8.28. The van der Waals surface area contributed by atoms with Crippen molar-refractivity contribution < 1.29 is 14.4 Å². The maximum Gasteiger partial charge on any atom is 0.243 e. The Balaban J connectivity index is 2.10. The number of nitrogens with one attached hydrogen (secondary N) is 2. The Hall–Kier alpha value is -2.49. The predicted octanol–water partition coefficient (Wildman–Crippen LogP) is 1.58. The van der Waals surface area contributed by atoms with E-state index in [0.29, 0.717) is 17.8 Å². The topological polar surface area (TPSA) is 153 Å². The van der Waals surface area contributed by atoms with E-state index in [-0.39, 0.29) is 41.4 Å². The summed E-state index contributed by atoms with van der Waals surface area (Å²) in [5.41, 5.74) is 11.0. The van der Waals surface area contributed by atoms with Crippen molar-refractivity contribution in [3.63, 3.8) is 0 Å². The Morgan fingerprint density at radius 1 is 1.16 bits per heavy atom. The normalized spacial score (nSPS) is 20.5. The number of carbonyl (C=O) groups is 3. The number of hydrogen-bond acceptors (Lipinski definition) is 6. The number of nitrogens with two attached hydrogens (primary N) is 2. The lowest BCUT2D eigenvalue weighted by Gasteiger charge is -2.30. The number of thiazole rings is 1. The van der Waals surface area contributed by atoms with E-state index in [1.807, 2.05) is 13.8 Å². The Bertz CT molecular complexity index is 768. The van der Waals surface area contributed by atoms with Gasteiger partial charge in [0.2, 0.25) is 17.6 Å². The minimum atomic E-state index is -0.688. The molecular formula is C21H34N6O3S. The molecule has 0 spiro atoms. The molecule has 0 radical (unpaired) electrons. The number of guanidine groups is 1. The molecule has 2 rings (SSSR count). The van der Waals surface area contributed by atoms with Gasteiger partial charge in [-0.1, -0.05) is 13.8 Å². The van der Waals surface area contributed by atoms with Crippen molar-refractivity contribution in [3.05, 3.63) is 16.6 Å². The van der Waals surface area contributed by atoms with Crippen LogP contribution in [0.3, 0.4) is 0 Å². The average Bonchev–Trinajstić information content (AvgIpc) is 3.21. The van der Waals surface area contributed by atoms with Crippen LogP contribution in [0.15, 0.2) is 16.6 Å². The molecule has 2 atom stereocenters. The molecule has 0 aliphatic heterocycles. The fraction of sp³-hybridized carbons (Fsp3) is 0.667. The minimum absolute atomic E-state index is 0.0988. The van der Waals surface area contributed by atoms with Crippen LogP contribution in [0.4, 0.5) is 0 Å². The van der Waals surface area contributed by atoms with Gasteiger partial charge in [0.15, 0.2) is 11.0 Å². The van der Waals surface area contributed by atoms with Crippen LogP contribution >= 0.6 is 11.3 Å². The first-order valence-corrected chi connectivity index (χ1v) is 11.6. The summed E-state index contributed by atoms with van der Waals surface area (Å²) < 4.78 is 0. The zero-order valence-corrected chi connectivity index (χ0v) is 19.3. The van der Waals surface area contributed by atoms with Crippen molar-refractivity contribution in [1.29, 1.82) is 0 Å². The summed E-state index contributed by atoms with van der Waals surface area (Å²) in [4.78, 5) is 46.0. The second-order valence-corrected chi connectivity index (χ2v) is 9.50. The van der Waals surface area contributed by atoms with Crippen molar-refractivity contribution in [2.24, 2.45) is 28.3 Å². The first-order valence-electron chi connectivity index (χ1n) is 10.8. The summed E-state index contributed by atoms with van der Waals surface area (Å²) in [6.07, 6.45) is 6.03. The van der Waals surface area contributed by atoms with Crippen LogP contribution in [-0.4, -0.2) is 46.7 Å². The van der Waals surface area contributed by atoms with Gasteiger partial charge in [-0.25, -0.2) is 4.98 Å². The fourth-order valence-corrected chi connectivity index (χ4v) is 4.63. The van der Waals surface area contributed by atoms with E-state index in [9.17, 15) is 14.4 Å².